The zero-order valence-corrected chi connectivity index (χ0v) is 14.0. The first kappa shape index (κ1) is 16.1. The van der Waals surface area contributed by atoms with Crippen LogP contribution in [0.25, 0.3) is 0 Å². The number of nitrogens with zero attached hydrogens (tertiary/aromatic N) is 1. The Bertz CT molecular complexity index is 526. The third-order valence-corrected chi connectivity index (χ3v) is 4.19. The molecule has 0 aromatic heterocycles. The number of halogens is 1. The molecule has 114 valence electrons. The molecule has 1 fully saturated rings. The van der Waals surface area contributed by atoms with Crippen molar-refractivity contribution in [2.45, 2.75) is 25.7 Å². The molecule has 1 amide bonds. The van der Waals surface area contributed by atoms with Crippen LogP contribution in [0.15, 0.2) is 18.2 Å². The Morgan fingerprint density at radius 1 is 1.19 bits per heavy atom. The van der Waals surface area contributed by atoms with Crippen LogP contribution in [0, 0.1) is 3.57 Å². The lowest BCUT2D eigenvalue weighted by Gasteiger charge is -2.20. The number of nitrogen functional groups attached to an aromatic ring is 1. The number of anilines is 1. The Kier molecular flexibility index (Phi) is 5.84. The van der Waals surface area contributed by atoms with Crippen molar-refractivity contribution in [3.63, 3.8) is 0 Å². The SMILES string of the molecule is Nc1ccc(I)cc1C(=O)OCC(=O)N1CCCCCC1. The molecule has 0 radical (unpaired) electrons. The molecular weight excluding hydrogens is 383 g/mol. The fourth-order valence-electron chi connectivity index (χ4n) is 2.32. The minimum Gasteiger partial charge on any atom is -0.452 e. The van der Waals surface area contributed by atoms with Crippen molar-refractivity contribution in [1.82, 2.24) is 4.90 Å². The molecule has 0 unspecified atom stereocenters. The van der Waals surface area contributed by atoms with Gasteiger partial charge in [-0.2, -0.15) is 0 Å². The third-order valence-electron chi connectivity index (χ3n) is 3.52. The number of amides is 1. The second-order valence-corrected chi connectivity index (χ2v) is 6.35. The summed E-state index contributed by atoms with van der Waals surface area (Å²) < 4.78 is 6.00. The van der Waals surface area contributed by atoms with E-state index >= 15 is 0 Å². The number of carbonyl (C=O) groups excluding carboxylic acids is 2. The summed E-state index contributed by atoms with van der Waals surface area (Å²) in [5, 5.41) is 0. The van der Waals surface area contributed by atoms with Gasteiger partial charge in [-0.15, -0.1) is 0 Å². The van der Waals surface area contributed by atoms with Crippen LogP contribution in [0.5, 0.6) is 0 Å². The summed E-state index contributed by atoms with van der Waals surface area (Å²) in [4.78, 5) is 25.8. The molecule has 0 atom stereocenters. The van der Waals surface area contributed by atoms with E-state index in [9.17, 15) is 9.59 Å². The molecule has 1 saturated heterocycles. The van der Waals surface area contributed by atoms with E-state index < -0.39 is 5.97 Å². The maximum Gasteiger partial charge on any atom is 0.340 e. The van der Waals surface area contributed by atoms with Crippen molar-refractivity contribution in [2.24, 2.45) is 0 Å². The molecule has 0 saturated carbocycles. The Balaban J connectivity index is 1.91. The lowest BCUT2D eigenvalue weighted by Crippen LogP contribution is -2.35. The number of esters is 1. The van der Waals surface area contributed by atoms with Gasteiger partial charge in [0, 0.05) is 22.3 Å². The van der Waals surface area contributed by atoms with Crippen LogP contribution in [0.1, 0.15) is 36.0 Å². The van der Waals surface area contributed by atoms with Gasteiger partial charge >= 0.3 is 5.97 Å². The van der Waals surface area contributed by atoms with E-state index in [2.05, 4.69) is 22.6 Å². The Hall–Kier alpha value is -1.31. The fourth-order valence-corrected chi connectivity index (χ4v) is 2.81. The predicted octanol–water partition coefficient (Wildman–Crippen LogP) is 2.43. The first-order chi connectivity index (χ1) is 10.1. The highest BCUT2D eigenvalue weighted by Crippen LogP contribution is 2.17. The quantitative estimate of drug-likeness (QED) is 0.479. The van der Waals surface area contributed by atoms with Gasteiger partial charge in [0.2, 0.25) is 0 Å². The second-order valence-electron chi connectivity index (χ2n) is 5.10. The highest BCUT2D eigenvalue weighted by Gasteiger charge is 2.18. The molecule has 0 spiro atoms. The Labute approximate surface area is 138 Å². The molecule has 0 bridgehead atoms. The van der Waals surface area contributed by atoms with Crippen LogP contribution < -0.4 is 5.73 Å². The molecule has 0 aliphatic carbocycles. The summed E-state index contributed by atoms with van der Waals surface area (Å²) in [5.74, 6) is -0.677. The second kappa shape index (κ2) is 7.63. The molecule has 1 heterocycles. The zero-order valence-electron chi connectivity index (χ0n) is 11.8. The average Bonchev–Trinajstić information content (AvgIpc) is 2.76. The predicted molar refractivity (Wildman–Crippen MR) is 88.9 cm³/mol. The van der Waals surface area contributed by atoms with Crippen molar-refractivity contribution in [2.75, 3.05) is 25.4 Å². The van der Waals surface area contributed by atoms with Crippen LogP contribution in [0.4, 0.5) is 5.69 Å². The smallest absolute Gasteiger partial charge is 0.340 e. The van der Waals surface area contributed by atoms with Crippen molar-refractivity contribution < 1.29 is 14.3 Å². The van der Waals surface area contributed by atoms with Crippen LogP contribution >= 0.6 is 22.6 Å². The van der Waals surface area contributed by atoms with E-state index in [1.807, 2.05) is 6.07 Å². The van der Waals surface area contributed by atoms with Crippen molar-refractivity contribution in [3.05, 3.63) is 27.3 Å². The minimum atomic E-state index is -0.547. The fraction of sp³-hybridized carbons (Fsp3) is 0.467. The molecule has 21 heavy (non-hydrogen) atoms. The van der Waals surface area contributed by atoms with Gasteiger partial charge in [0.15, 0.2) is 6.61 Å². The normalized spacial score (nSPS) is 15.4. The minimum absolute atomic E-state index is 0.130. The van der Waals surface area contributed by atoms with Gasteiger partial charge in [-0.1, -0.05) is 12.8 Å². The number of ether oxygens (including phenoxy) is 1. The summed E-state index contributed by atoms with van der Waals surface area (Å²) in [5.41, 5.74) is 6.43. The maximum atomic E-state index is 12.1. The summed E-state index contributed by atoms with van der Waals surface area (Å²) in [6.07, 6.45) is 4.35. The van der Waals surface area contributed by atoms with E-state index in [1.54, 1.807) is 17.0 Å². The highest BCUT2D eigenvalue weighted by molar-refractivity contribution is 14.1. The molecular formula is C15H19IN2O3. The van der Waals surface area contributed by atoms with Crippen LogP contribution in [0.2, 0.25) is 0 Å². The summed E-state index contributed by atoms with van der Waals surface area (Å²) >= 11 is 2.10. The topological polar surface area (TPSA) is 72.6 Å². The van der Waals surface area contributed by atoms with Crippen molar-refractivity contribution >= 4 is 40.2 Å². The van der Waals surface area contributed by atoms with E-state index in [0.29, 0.717) is 11.3 Å². The first-order valence-corrected chi connectivity index (χ1v) is 8.16. The van der Waals surface area contributed by atoms with Gasteiger partial charge in [-0.05, 0) is 53.6 Å². The van der Waals surface area contributed by atoms with E-state index in [0.717, 1.165) is 42.3 Å². The number of nitrogens with two attached hydrogens (primary N) is 1. The standard InChI is InChI=1S/C15H19IN2O3/c16-11-5-6-13(17)12(9-11)15(20)21-10-14(19)18-7-3-1-2-4-8-18/h5-6,9H,1-4,7-8,10,17H2. The average molecular weight is 402 g/mol. The van der Waals surface area contributed by atoms with Crippen LogP contribution in [0.3, 0.4) is 0 Å². The molecule has 1 aliphatic heterocycles. The monoisotopic (exact) mass is 402 g/mol. The molecule has 1 aromatic carbocycles. The van der Waals surface area contributed by atoms with Gasteiger partial charge in [0.05, 0.1) is 5.56 Å². The van der Waals surface area contributed by atoms with Crippen molar-refractivity contribution in [1.29, 1.82) is 0 Å². The molecule has 2 rings (SSSR count). The summed E-state index contributed by atoms with van der Waals surface area (Å²) in [6.45, 7) is 1.28. The largest absolute Gasteiger partial charge is 0.452 e. The molecule has 2 N–H and O–H groups in total. The number of rotatable bonds is 3. The number of carbonyl (C=O) groups is 2. The van der Waals surface area contributed by atoms with Gasteiger partial charge in [0.1, 0.15) is 0 Å². The lowest BCUT2D eigenvalue weighted by atomic mass is 10.2. The molecule has 6 heteroatoms. The summed E-state index contributed by atoms with van der Waals surface area (Å²) in [7, 11) is 0. The number of benzene rings is 1. The molecule has 1 aliphatic rings. The van der Waals surface area contributed by atoms with Crippen LogP contribution in [-0.2, 0) is 9.53 Å². The van der Waals surface area contributed by atoms with Gasteiger partial charge in [0.25, 0.3) is 5.91 Å². The van der Waals surface area contributed by atoms with E-state index in [1.165, 1.54) is 0 Å². The highest BCUT2D eigenvalue weighted by atomic mass is 127. The lowest BCUT2D eigenvalue weighted by molar-refractivity contribution is -0.134. The number of likely N-dealkylation sites (tertiary alicyclic amines) is 1. The van der Waals surface area contributed by atoms with Crippen LogP contribution in [-0.4, -0.2) is 36.5 Å². The summed E-state index contributed by atoms with van der Waals surface area (Å²) in [6, 6.07) is 5.14. The van der Waals surface area contributed by atoms with Gasteiger partial charge < -0.3 is 15.4 Å². The van der Waals surface area contributed by atoms with Gasteiger partial charge in [-0.25, -0.2) is 4.79 Å². The maximum absolute atomic E-state index is 12.1. The van der Waals surface area contributed by atoms with E-state index in [4.69, 9.17) is 10.5 Å². The zero-order chi connectivity index (χ0) is 15.2. The first-order valence-electron chi connectivity index (χ1n) is 7.08. The Morgan fingerprint density at radius 2 is 1.86 bits per heavy atom. The molecule has 5 nitrogen and oxygen atoms in total. The third kappa shape index (κ3) is 4.59. The Morgan fingerprint density at radius 3 is 2.52 bits per heavy atom. The molecule has 1 aromatic rings. The van der Waals surface area contributed by atoms with Crippen molar-refractivity contribution in [3.8, 4) is 0 Å². The van der Waals surface area contributed by atoms with Gasteiger partial charge in [-0.3, -0.25) is 4.79 Å². The number of hydrogen-bond donors (Lipinski definition) is 1. The van der Waals surface area contributed by atoms with E-state index in [-0.39, 0.29) is 12.5 Å². The number of hydrogen-bond acceptors (Lipinski definition) is 4.